The van der Waals surface area contributed by atoms with Crippen molar-refractivity contribution in [2.24, 2.45) is 4.99 Å². The largest absolute Gasteiger partial charge is 0.494 e. The van der Waals surface area contributed by atoms with Gasteiger partial charge in [0.25, 0.3) is 6.43 Å². The van der Waals surface area contributed by atoms with Gasteiger partial charge < -0.3 is 10.1 Å². The molecule has 0 fully saturated rings. The molecule has 1 aliphatic rings. The van der Waals surface area contributed by atoms with Crippen LogP contribution in [0, 0.1) is 11.3 Å². The first-order valence-electron chi connectivity index (χ1n) is 10.6. The minimum Gasteiger partial charge on any atom is -0.494 e. The van der Waals surface area contributed by atoms with Gasteiger partial charge in [-0.05, 0) is 30.3 Å². The Kier molecular flexibility index (Phi) is 6.16. The van der Waals surface area contributed by atoms with Crippen LogP contribution in [0.25, 0.3) is 10.6 Å². The molecular formula is C25H18F2N6OS. The summed E-state index contributed by atoms with van der Waals surface area (Å²) in [4.78, 5) is 17.5. The zero-order valence-corrected chi connectivity index (χ0v) is 19.3. The van der Waals surface area contributed by atoms with Gasteiger partial charge in [0.15, 0.2) is 5.75 Å². The Bertz CT molecular complexity index is 1460. The summed E-state index contributed by atoms with van der Waals surface area (Å²) in [5.74, 6) is 0.578. The molecule has 4 heterocycles. The van der Waals surface area contributed by atoms with Crippen molar-refractivity contribution in [2.45, 2.75) is 19.3 Å². The molecule has 3 aromatic heterocycles. The maximum atomic E-state index is 13.5. The molecule has 0 aliphatic carbocycles. The quantitative estimate of drug-likeness (QED) is 0.358. The van der Waals surface area contributed by atoms with Crippen molar-refractivity contribution in [3.8, 4) is 22.4 Å². The maximum Gasteiger partial charge on any atom is 0.277 e. The zero-order valence-electron chi connectivity index (χ0n) is 18.5. The number of halogens is 2. The monoisotopic (exact) mass is 488 g/mol. The third-order valence-electron chi connectivity index (χ3n) is 5.41. The van der Waals surface area contributed by atoms with E-state index in [0.29, 0.717) is 52.0 Å². The lowest BCUT2D eigenvalue weighted by Crippen LogP contribution is -2.10. The number of nitriles is 1. The van der Waals surface area contributed by atoms with E-state index in [1.807, 2.05) is 29.6 Å². The Morgan fingerprint density at radius 1 is 1.14 bits per heavy atom. The van der Waals surface area contributed by atoms with E-state index in [2.05, 4.69) is 25.3 Å². The Morgan fingerprint density at radius 2 is 2.00 bits per heavy atom. The molecule has 174 valence electrons. The predicted molar refractivity (Wildman–Crippen MR) is 130 cm³/mol. The van der Waals surface area contributed by atoms with Crippen LogP contribution in [0.1, 0.15) is 22.8 Å². The van der Waals surface area contributed by atoms with Crippen LogP contribution in [0.2, 0.25) is 0 Å². The Balaban J connectivity index is 1.56. The van der Waals surface area contributed by atoms with Gasteiger partial charge in [-0.25, -0.2) is 23.7 Å². The fourth-order valence-corrected chi connectivity index (χ4v) is 4.57. The van der Waals surface area contributed by atoms with Crippen LogP contribution in [-0.2, 0) is 12.8 Å². The number of para-hydroxylation sites is 1. The number of hydrogen-bond donors (Lipinski definition) is 1. The van der Waals surface area contributed by atoms with Gasteiger partial charge in [-0.2, -0.15) is 5.26 Å². The maximum absolute atomic E-state index is 13.5. The summed E-state index contributed by atoms with van der Waals surface area (Å²) >= 11 is 1.49. The molecule has 4 aromatic rings. The number of thiazole rings is 1. The van der Waals surface area contributed by atoms with E-state index in [1.165, 1.54) is 11.3 Å². The highest BCUT2D eigenvalue weighted by atomic mass is 32.1. The zero-order chi connectivity index (χ0) is 24.4. The summed E-state index contributed by atoms with van der Waals surface area (Å²) in [6, 6.07) is 14.6. The smallest absolute Gasteiger partial charge is 0.277 e. The number of nitrogens with one attached hydrogen (secondary N) is 1. The van der Waals surface area contributed by atoms with Crippen LogP contribution in [0.15, 0.2) is 59.0 Å². The molecule has 10 heteroatoms. The van der Waals surface area contributed by atoms with E-state index >= 15 is 0 Å². The Morgan fingerprint density at radius 3 is 2.74 bits per heavy atom. The Hall–Kier alpha value is -4.23. The van der Waals surface area contributed by atoms with Crippen molar-refractivity contribution in [1.82, 2.24) is 15.0 Å². The van der Waals surface area contributed by atoms with Gasteiger partial charge in [0.2, 0.25) is 0 Å². The lowest BCUT2D eigenvalue weighted by atomic mass is 10.1. The van der Waals surface area contributed by atoms with Crippen LogP contribution >= 0.6 is 11.3 Å². The summed E-state index contributed by atoms with van der Waals surface area (Å²) < 4.78 is 32.6. The van der Waals surface area contributed by atoms with Crippen LogP contribution in [-0.4, -0.2) is 34.2 Å². The second-order valence-corrected chi connectivity index (χ2v) is 8.58. The van der Waals surface area contributed by atoms with Crippen LogP contribution in [0.5, 0.6) is 5.75 Å². The van der Waals surface area contributed by atoms with E-state index in [9.17, 15) is 8.78 Å². The summed E-state index contributed by atoms with van der Waals surface area (Å²) in [6.07, 6.45) is -0.649. The van der Waals surface area contributed by atoms with Gasteiger partial charge >= 0.3 is 0 Å². The molecule has 0 spiro atoms. The molecule has 0 atom stereocenters. The number of rotatable bonds is 7. The second kappa shape index (κ2) is 9.56. The van der Waals surface area contributed by atoms with Crippen molar-refractivity contribution in [3.05, 3.63) is 76.8 Å². The number of aliphatic imine (C=N–C) groups is 1. The molecule has 1 N–H and O–H groups in total. The summed E-state index contributed by atoms with van der Waals surface area (Å²) in [5.41, 5.74) is 4.18. The van der Waals surface area contributed by atoms with Gasteiger partial charge in [0.05, 0.1) is 35.5 Å². The van der Waals surface area contributed by atoms with Crippen molar-refractivity contribution >= 4 is 34.1 Å². The molecule has 1 aromatic carbocycles. The number of pyridine rings is 2. The molecule has 0 saturated carbocycles. The van der Waals surface area contributed by atoms with Gasteiger partial charge in [-0.15, -0.1) is 11.3 Å². The Labute approximate surface area is 203 Å². The molecule has 0 radical (unpaired) electrons. The minimum absolute atomic E-state index is 0.0303. The molecule has 0 unspecified atom stereocenters. The van der Waals surface area contributed by atoms with Gasteiger partial charge in [-0.3, -0.25) is 4.98 Å². The lowest BCUT2D eigenvalue weighted by Gasteiger charge is -2.16. The van der Waals surface area contributed by atoms with Crippen LogP contribution in [0.4, 0.5) is 25.8 Å². The van der Waals surface area contributed by atoms with E-state index < -0.39 is 6.43 Å². The summed E-state index contributed by atoms with van der Waals surface area (Å²) in [6.45, 7) is 0. The standard InChI is InChI=1S/C25H18F2N6OS/c1-34-23-17(25-29-8-9-35-25)6-3-7-18(23)32-19-11-16(10-14-4-2-5-15(13-28)30-14)31-20-12-21(24(26)27)33-22(19)20/h2-9,11,24H,10,12H2,1H3,(H,31,32). The van der Waals surface area contributed by atoms with Gasteiger partial charge in [0.1, 0.15) is 22.5 Å². The first-order chi connectivity index (χ1) is 17.1. The number of aromatic nitrogens is 3. The average Bonchev–Trinajstić information content (AvgIpc) is 3.55. The molecule has 1 aliphatic heterocycles. The second-order valence-electron chi connectivity index (χ2n) is 7.69. The first-order valence-corrected chi connectivity index (χ1v) is 11.5. The average molecular weight is 489 g/mol. The first kappa shape index (κ1) is 22.6. The third-order valence-corrected chi connectivity index (χ3v) is 6.22. The number of ether oxygens (including phenoxy) is 1. The van der Waals surface area contributed by atoms with Crippen LogP contribution < -0.4 is 10.1 Å². The number of hydrogen-bond acceptors (Lipinski definition) is 8. The lowest BCUT2D eigenvalue weighted by molar-refractivity contribution is 0.224. The number of nitrogens with zero attached hydrogens (tertiary/aromatic N) is 5. The highest BCUT2D eigenvalue weighted by molar-refractivity contribution is 7.13. The number of anilines is 2. The van der Waals surface area contributed by atoms with Gasteiger partial charge in [0, 0.05) is 35.8 Å². The van der Waals surface area contributed by atoms with Crippen molar-refractivity contribution < 1.29 is 13.5 Å². The van der Waals surface area contributed by atoms with E-state index in [4.69, 9.17) is 10.00 Å². The molecule has 5 rings (SSSR count). The highest BCUT2D eigenvalue weighted by Crippen LogP contribution is 2.42. The van der Waals surface area contributed by atoms with E-state index in [0.717, 1.165) is 10.6 Å². The molecule has 0 saturated heterocycles. The molecule has 0 amide bonds. The topological polar surface area (TPSA) is 96.1 Å². The number of benzene rings is 1. The molecule has 35 heavy (non-hydrogen) atoms. The third kappa shape index (κ3) is 4.58. The van der Waals surface area contributed by atoms with E-state index in [-0.39, 0.29) is 12.1 Å². The van der Waals surface area contributed by atoms with E-state index in [1.54, 1.807) is 37.6 Å². The number of fused-ring (bicyclic) bond motifs is 1. The number of methoxy groups -OCH3 is 1. The van der Waals surface area contributed by atoms with Crippen molar-refractivity contribution in [1.29, 1.82) is 5.26 Å². The SMILES string of the molecule is COc1c(Nc2cc(Cc3cccc(C#N)n3)nc3c2N=C(C(F)F)C3)cccc1-c1nccs1. The van der Waals surface area contributed by atoms with Crippen molar-refractivity contribution in [2.75, 3.05) is 12.4 Å². The molecule has 7 nitrogen and oxygen atoms in total. The van der Waals surface area contributed by atoms with Crippen molar-refractivity contribution in [3.63, 3.8) is 0 Å². The number of alkyl halides is 2. The fourth-order valence-electron chi connectivity index (χ4n) is 3.91. The minimum atomic E-state index is -2.67. The normalized spacial score (nSPS) is 12.3. The molecular weight excluding hydrogens is 470 g/mol. The highest BCUT2D eigenvalue weighted by Gasteiger charge is 2.27. The van der Waals surface area contributed by atoms with Gasteiger partial charge in [-0.1, -0.05) is 12.1 Å². The van der Waals surface area contributed by atoms with Crippen LogP contribution in [0.3, 0.4) is 0 Å². The molecule has 0 bridgehead atoms. The predicted octanol–water partition coefficient (Wildman–Crippen LogP) is 5.71. The fraction of sp³-hybridized carbons (Fsp3) is 0.160. The summed E-state index contributed by atoms with van der Waals surface area (Å²) in [7, 11) is 1.57. The summed E-state index contributed by atoms with van der Waals surface area (Å²) in [5, 5.41) is 15.1.